The van der Waals surface area contributed by atoms with Gasteiger partial charge >= 0.3 is 23.9 Å². The van der Waals surface area contributed by atoms with Crippen LogP contribution in [0.5, 0.6) is 11.5 Å². The van der Waals surface area contributed by atoms with Crippen molar-refractivity contribution in [1.29, 1.82) is 0 Å². The van der Waals surface area contributed by atoms with Crippen LogP contribution in [0.3, 0.4) is 0 Å². The van der Waals surface area contributed by atoms with Gasteiger partial charge in [0.15, 0.2) is 11.5 Å². The van der Waals surface area contributed by atoms with E-state index in [1.54, 1.807) is 13.0 Å². The molecule has 0 aliphatic heterocycles. The molecule has 0 aromatic heterocycles. The molecule has 0 heterocycles. The topological polar surface area (TPSA) is 142 Å². The van der Waals surface area contributed by atoms with Crippen LogP contribution < -0.4 is 15.2 Å². The summed E-state index contributed by atoms with van der Waals surface area (Å²) in [6.45, 7) is 13.3. The van der Waals surface area contributed by atoms with Gasteiger partial charge in [-0.2, -0.15) is 0 Å². The fraction of sp³-hybridized carbons (Fsp3) is 0.655. The molecule has 1 aromatic carbocycles. The molecule has 0 amide bonds. The van der Waals surface area contributed by atoms with Gasteiger partial charge in [-0.3, -0.25) is 19.2 Å². The van der Waals surface area contributed by atoms with E-state index >= 15 is 0 Å². The van der Waals surface area contributed by atoms with Crippen LogP contribution in [-0.2, 0) is 23.9 Å². The van der Waals surface area contributed by atoms with E-state index in [9.17, 15) is 24.3 Å². The summed E-state index contributed by atoms with van der Waals surface area (Å²) in [5.74, 6) is -2.91. The van der Waals surface area contributed by atoms with Crippen molar-refractivity contribution in [2.24, 2.45) is 23.5 Å². The van der Waals surface area contributed by atoms with Crippen LogP contribution in [0.15, 0.2) is 18.2 Å². The Bertz CT molecular complexity index is 945. The van der Waals surface area contributed by atoms with E-state index < -0.39 is 36.0 Å². The fourth-order valence-electron chi connectivity index (χ4n) is 3.78. The van der Waals surface area contributed by atoms with Crippen molar-refractivity contribution < 1.29 is 38.5 Å². The fourth-order valence-corrected chi connectivity index (χ4v) is 3.78. The van der Waals surface area contributed by atoms with Gasteiger partial charge in [0, 0.05) is 25.2 Å². The van der Waals surface area contributed by atoms with Crippen LogP contribution in [0, 0.1) is 17.8 Å². The number of hydrogen-bond donors (Lipinski definition) is 2. The number of rotatable bonds is 16. The third kappa shape index (κ3) is 11.6. The maximum Gasteiger partial charge on any atom is 0.321 e. The molecule has 5 atom stereocenters. The molecule has 1 aromatic rings. The first-order valence-corrected chi connectivity index (χ1v) is 13.5. The van der Waals surface area contributed by atoms with Gasteiger partial charge in [0.05, 0.1) is 6.10 Å². The lowest BCUT2D eigenvalue weighted by Gasteiger charge is -2.25. The minimum Gasteiger partial charge on any atom is -0.480 e. The van der Waals surface area contributed by atoms with Crippen LogP contribution in [0.2, 0.25) is 0 Å². The second-order valence-electron chi connectivity index (χ2n) is 10.7. The molecule has 0 saturated carbocycles. The first-order chi connectivity index (χ1) is 17.8. The number of benzene rings is 1. The van der Waals surface area contributed by atoms with Gasteiger partial charge in [-0.05, 0) is 48.8 Å². The van der Waals surface area contributed by atoms with Gasteiger partial charge in [-0.15, -0.1) is 0 Å². The quantitative estimate of drug-likeness (QED) is 0.215. The highest BCUT2D eigenvalue weighted by Crippen LogP contribution is 2.35. The molecule has 0 bridgehead atoms. The molecular formula is C29H45NO8. The lowest BCUT2D eigenvalue weighted by molar-refractivity contribution is -0.149. The van der Waals surface area contributed by atoms with Crippen molar-refractivity contribution in [3.05, 3.63) is 23.8 Å². The third-order valence-electron chi connectivity index (χ3n) is 6.48. The van der Waals surface area contributed by atoms with E-state index in [1.807, 2.05) is 41.5 Å². The van der Waals surface area contributed by atoms with Crippen molar-refractivity contribution in [2.75, 3.05) is 0 Å². The molecule has 214 valence electrons. The van der Waals surface area contributed by atoms with Crippen LogP contribution in [-0.4, -0.2) is 41.1 Å². The van der Waals surface area contributed by atoms with Crippen molar-refractivity contribution in [3.63, 3.8) is 0 Å². The maximum atomic E-state index is 12.6. The number of hydrogen-bond acceptors (Lipinski definition) is 8. The van der Waals surface area contributed by atoms with E-state index in [4.69, 9.17) is 19.9 Å². The Morgan fingerprint density at radius 2 is 1.34 bits per heavy atom. The number of esters is 3. The van der Waals surface area contributed by atoms with Crippen LogP contribution in [0.25, 0.3) is 0 Å². The largest absolute Gasteiger partial charge is 0.480 e. The predicted molar refractivity (Wildman–Crippen MR) is 144 cm³/mol. The van der Waals surface area contributed by atoms with Gasteiger partial charge in [-0.25, -0.2) is 0 Å². The molecule has 0 aliphatic carbocycles. The number of carboxylic acids is 1. The summed E-state index contributed by atoms with van der Waals surface area (Å²) >= 11 is 0. The zero-order chi connectivity index (χ0) is 29.0. The molecule has 3 N–H and O–H groups in total. The summed E-state index contributed by atoms with van der Waals surface area (Å²) in [5.41, 5.74) is 6.50. The summed E-state index contributed by atoms with van der Waals surface area (Å²) in [6, 6.07) is 3.24. The van der Waals surface area contributed by atoms with E-state index in [2.05, 4.69) is 0 Å². The molecule has 0 saturated heterocycles. The maximum absolute atomic E-state index is 12.6. The van der Waals surface area contributed by atoms with Crippen LogP contribution >= 0.6 is 0 Å². The Morgan fingerprint density at radius 3 is 1.82 bits per heavy atom. The molecule has 0 radical (unpaired) electrons. The predicted octanol–water partition coefficient (Wildman–Crippen LogP) is 5.23. The average Bonchev–Trinajstić information content (AvgIpc) is 2.82. The zero-order valence-corrected chi connectivity index (χ0v) is 23.8. The van der Waals surface area contributed by atoms with E-state index in [0.29, 0.717) is 5.56 Å². The van der Waals surface area contributed by atoms with Crippen LogP contribution in [0.1, 0.15) is 98.5 Å². The molecule has 4 unspecified atom stereocenters. The SMILES string of the molecule is CCC(C)CC(=O)Oc1ccc(C(CC(C)OC(=O)CC(C)C)[C@H](N)C(=O)O)cc1OC(=O)CC(C)CC. The lowest BCUT2D eigenvalue weighted by atomic mass is 9.87. The normalized spacial score (nSPS) is 15.2. The van der Waals surface area contributed by atoms with E-state index in [1.165, 1.54) is 12.1 Å². The Morgan fingerprint density at radius 1 is 0.816 bits per heavy atom. The number of nitrogens with two attached hydrogens (primary N) is 1. The van der Waals surface area contributed by atoms with Crippen molar-refractivity contribution in [1.82, 2.24) is 0 Å². The van der Waals surface area contributed by atoms with Gasteiger partial charge in [0.2, 0.25) is 0 Å². The number of ether oxygens (including phenoxy) is 3. The minimum absolute atomic E-state index is 0.0142. The number of carbonyl (C=O) groups is 4. The lowest BCUT2D eigenvalue weighted by Crippen LogP contribution is -2.38. The Balaban J connectivity index is 3.34. The second-order valence-corrected chi connectivity index (χ2v) is 10.7. The minimum atomic E-state index is -1.32. The van der Waals surface area contributed by atoms with Gasteiger partial charge in [0.1, 0.15) is 6.04 Å². The molecule has 0 aliphatic rings. The van der Waals surface area contributed by atoms with Crippen molar-refractivity contribution in [3.8, 4) is 11.5 Å². The van der Waals surface area contributed by atoms with Crippen molar-refractivity contribution >= 4 is 23.9 Å². The highest BCUT2D eigenvalue weighted by atomic mass is 16.6. The summed E-state index contributed by atoms with van der Waals surface area (Å²) in [4.78, 5) is 49.1. The first-order valence-electron chi connectivity index (χ1n) is 13.5. The zero-order valence-electron chi connectivity index (χ0n) is 23.8. The van der Waals surface area contributed by atoms with E-state index in [0.717, 1.165) is 12.8 Å². The third-order valence-corrected chi connectivity index (χ3v) is 6.48. The Hall–Kier alpha value is -2.94. The monoisotopic (exact) mass is 535 g/mol. The second kappa shape index (κ2) is 16.1. The van der Waals surface area contributed by atoms with Crippen LogP contribution in [0.4, 0.5) is 0 Å². The van der Waals surface area contributed by atoms with Crippen molar-refractivity contribution in [2.45, 2.75) is 105 Å². The number of carbonyl (C=O) groups excluding carboxylic acids is 3. The molecule has 0 fully saturated rings. The summed E-state index contributed by atoms with van der Waals surface area (Å²) < 4.78 is 16.6. The molecule has 9 nitrogen and oxygen atoms in total. The first kappa shape index (κ1) is 33.1. The average molecular weight is 536 g/mol. The molecule has 1 rings (SSSR count). The smallest absolute Gasteiger partial charge is 0.321 e. The Kier molecular flexibility index (Phi) is 14.0. The molecule has 0 spiro atoms. The standard InChI is InChI=1S/C29H45NO8/c1-8-18(5)13-26(32)37-23-11-10-21(16-24(23)38-27(33)14-19(6)9-2)22(28(30)29(34)35)15-20(7)36-25(31)12-17(3)4/h10-11,16-20,22,28H,8-9,12-15,30H2,1-7H3,(H,34,35)/t18?,19?,20?,22?,28-/m0/s1. The van der Waals surface area contributed by atoms with E-state index in [-0.39, 0.29) is 60.9 Å². The Labute approximate surface area is 226 Å². The number of carboxylic acid groups (broad SMARTS) is 1. The molecule has 9 heteroatoms. The summed E-state index contributed by atoms with van der Waals surface area (Å²) in [6.07, 6.45) is 1.72. The molecule has 38 heavy (non-hydrogen) atoms. The number of aliphatic carboxylic acids is 1. The van der Waals surface area contributed by atoms with Gasteiger partial charge in [-0.1, -0.05) is 60.5 Å². The van der Waals surface area contributed by atoms with Gasteiger partial charge in [0.25, 0.3) is 0 Å². The summed E-state index contributed by atoms with van der Waals surface area (Å²) in [7, 11) is 0. The highest BCUT2D eigenvalue weighted by molar-refractivity contribution is 5.77. The summed E-state index contributed by atoms with van der Waals surface area (Å²) in [5, 5.41) is 9.66. The molecular weight excluding hydrogens is 490 g/mol. The highest BCUT2D eigenvalue weighted by Gasteiger charge is 2.30. The van der Waals surface area contributed by atoms with Gasteiger partial charge < -0.3 is 25.1 Å².